The third-order valence-electron chi connectivity index (χ3n) is 2.98. The van der Waals surface area contributed by atoms with Gasteiger partial charge in [-0.25, -0.2) is 14.4 Å². The Balaban J connectivity index is 2.02. The zero-order chi connectivity index (χ0) is 14.4. The zero-order valence-electron chi connectivity index (χ0n) is 11.8. The lowest BCUT2D eigenvalue weighted by Crippen LogP contribution is -2.20. The van der Waals surface area contributed by atoms with Crippen molar-refractivity contribution in [1.82, 2.24) is 15.3 Å². The van der Waals surface area contributed by atoms with Crippen molar-refractivity contribution in [2.24, 2.45) is 0 Å². The molecule has 0 saturated heterocycles. The van der Waals surface area contributed by atoms with Gasteiger partial charge in [-0.05, 0) is 12.6 Å². The van der Waals surface area contributed by atoms with Crippen molar-refractivity contribution >= 4 is 5.95 Å². The van der Waals surface area contributed by atoms with E-state index in [1.807, 2.05) is 18.0 Å². The largest absolute Gasteiger partial charge is 0.339 e. The molecule has 106 valence electrons. The van der Waals surface area contributed by atoms with Crippen molar-refractivity contribution in [3.63, 3.8) is 0 Å². The van der Waals surface area contributed by atoms with Gasteiger partial charge in [-0.1, -0.05) is 25.1 Å². The molecule has 5 heteroatoms. The minimum Gasteiger partial charge on any atom is -0.339 e. The van der Waals surface area contributed by atoms with E-state index < -0.39 is 0 Å². The Labute approximate surface area is 118 Å². The van der Waals surface area contributed by atoms with Gasteiger partial charge in [0.2, 0.25) is 5.95 Å². The van der Waals surface area contributed by atoms with Crippen LogP contribution in [0, 0.1) is 5.82 Å². The van der Waals surface area contributed by atoms with Crippen LogP contribution in [0.2, 0.25) is 0 Å². The van der Waals surface area contributed by atoms with Crippen LogP contribution in [0.4, 0.5) is 10.3 Å². The highest BCUT2D eigenvalue weighted by molar-refractivity contribution is 5.31. The summed E-state index contributed by atoms with van der Waals surface area (Å²) in [6, 6.07) is 6.74. The van der Waals surface area contributed by atoms with Crippen LogP contribution in [-0.4, -0.2) is 23.6 Å². The first-order valence-electron chi connectivity index (χ1n) is 6.67. The van der Waals surface area contributed by atoms with Crippen LogP contribution in [0.15, 0.2) is 36.7 Å². The van der Waals surface area contributed by atoms with E-state index in [9.17, 15) is 4.39 Å². The fraction of sp³-hybridized carbons (Fsp3) is 0.333. The van der Waals surface area contributed by atoms with Gasteiger partial charge in [0.05, 0.1) is 0 Å². The zero-order valence-corrected chi connectivity index (χ0v) is 11.8. The standard InChI is InChI=1S/C15H19FN4/c1-3-17-8-12-9-18-15(19-10-12)20(2)11-13-6-4-5-7-14(13)16/h4-7,9-10,17H,3,8,11H2,1-2H3. The molecule has 0 aliphatic rings. The van der Waals surface area contributed by atoms with Gasteiger partial charge in [0, 0.05) is 43.7 Å². The van der Waals surface area contributed by atoms with Crippen LogP contribution in [0.3, 0.4) is 0 Å². The van der Waals surface area contributed by atoms with Crippen LogP contribution in [0.1, 0.15) is 18.1 Å². The van der Waals surface area contributed by atoms with Gasteiger partial charge in [-0.2, -0.15) is 0 Å². The van der Waals surface area contributed by atoms with E-state index >= 15 is 0 Å². The molecular formula is C15H19FN4. The Bertz CT molecular complexity index is 542. The van der Waals surface area contributed by atoms with Crippen molar-refractivity contribution in [3.8, 4) is 0 Å². The number of anilines is 1. The minimum absolute atomic E-state index is 0.205. The molecule has 2 aromatic rings. The SMILES string of the molecule is CCNCc1cnc(N(C)Cc2ccccc2F)nc1. The molecule has 2 rings (SSSR count). The Morgan fingerprint density at radius 2 is 1.90 bits per heavy atom. The lowest BCUT2D eigenvalue weighted by molar-refractivity contribution is 0.607. The second kappa shape index (κ2) is 6.96. The van der Waals surface area contributed by atoms with E-state index in [4.69, 9.17) is 0 Å². The first-order chi connectivity index (χ1) is 9.70. The molecule has 1 aromatic carbocycles. The summed E-state index contributed by atoms with van der Waals surface area (Å²) >= 11 is 0. The number of halogens is 1. The summed E-state index contributed by atoms with van der Waals surface area (Å²) in [4.78, 5) is 10.4. The summed E-state index contributed by atoms with van der Waals surface area (Å²) in [5.41, 5.74) is 1.67. The van der Waals surface area contributed by atoms with Gasteiger partial charge in [0.1, 0.15) is 5.82 Å². The maximum absolute atomic E-state index is 13.6. The summed E-state index contributed by atoms with van der Waals surface area (Å²) in [6.07, 6.45) is 3.59. The van der Waals surface area contributed by atoms with Crippen molar-refractivity contribution < 1.29 is 4.39 Å². The molecule has 0 bridgehead atoms. The van der Waals surface area contributed by atoms with E-state index in [2.05, 4.69) is 22.2 Å². The van der Waals surface area contributed by atoms with E-state index in [-0.39, 0.29) is 5.82 Å². The van der Waals surface area contributed by atoms with Crippen LogP contribution in [0.5, 0.6) is 0 Å². The number of hydrogen-bond donors (Lipinski definition) is 1. The van der Waals surface area contributed by atoms with Gasteiger partial charge in [0.15, 0.2) is 0 Å². The average Bonchev–Trinajstić information content (AvgIpc) is 2.48. The Kier molecular flexibility index (Phi) is 5.01. The number of benzene rings is 1. The van der Waals surface area contributed by atoms with Gasteiger partial charge in [0.25, 0.3) is 0 Å². The Morgan fingerprint density at radius 3 is 2.55 bits per heavy atom. The van der Waals surface area contributed by atoms with Crippen LogP contribution in [-0.2, 0) is 13.1 Å². The quantitative estimate of drug-likeness (QED) is 0.878. The topological polar surface area (TPSA) is 41.1 Å². The summed E-state index contributed by atoms with van der Waals surface area (Å²) in [7, 11) is 1.85. The predicted octanol–water partition coefficient (Wildman–Crippen LogP) is 2.36. The smallest absolute Gasteiger partial charge is 0.225 e. The lowest BCUT2D eigenvalue weighted by Gasteiger charge is -2.17. The maximum Gasteiger partial charge on any atom is 0.225 e. The summed E-state index contributed by atoms with van der Waals surface area (Å²) in [5, 5.41) is 3.22. The third kappa shape index (κ3) is 3.74. The number of nitrogens with one attached hydrogen (secondary N) is 1. The van der Waals surface area contributed by atoms with Crippen LogP contribution in [0.25, 0.3) is 0 Å². The molecule has 0 aliphatic carbocycles. The highest BCUT2D eigenvalue weighted by Gasteiger charge is 2.08. The molecule has 0 saturated carbocycles. The third-order valence-corrected chi connectivity index (χ3v) is 2.98. The number of rotatable bonds is 6. The van der Waals surface area contributed by atoms with E-state index in [1.54, 1.807) is 24.5 Å². The van der Waals surface area contributed by atoms with Gasteiger partial charge in [-0.3, -0.25) is 0 Å². The second-order valence-electron chi connectivity index (χ2n) is 4.62. The first-order valence-corrected chi connectivity index (χ1v) is 6.67. The summed E-state index contributed by atoms with van der Waals surface area (Å²) in [6.45, 7) is 4.17. The fourth-order valence-corrected chi connectivity index (χ4v) is 1.86. The van der Waals surface area contributed by atoms with Crippen molar-refractivity contribution in [3.05, 3.63) is 53.6 Å². The highest BCUT2D eigenvalue weighted by atomic mass is 19.1. The minimum atomic E-state index is -0.205. The average molecular weight is 274 g/mol. The molecule has 0 unspecified atom stereocenters. The normalized spacial score (nSPS) is 10.6. The van der Waals surface area contributed by atoms with E-state index in [1.165, 1.54) is 6.07 Å². The van der Waals surface area contributed by atoms with Gasteiger partial charge >= 0.3 is 0 Å². The Morgan fingerprint density at radius 1 is 1.20 bits per heavy atom. The maximum atomic E-state index is 13.6. The monoisotopic (exact) mass is 274 g/mol. The van der Waals surface area contributed by atoms with Gasteiger partial charge < -0.3 is 10.2 Å². The van der Waals surface area contributed by atoms with Crippen molar-refractivity contribution in [1.29, 1.82) is 0 Å². The van der Waals surface area contributed by atoms with Gasteiger partial charge in [-0.15, -0.1) is 0 Å². The number of aromatic nitrogens is 2. The number of nitrogens with zero attached hydrogens (tertiary/aromatic N) is 3. The molecule has 0 spiro atoms. The molecular weight excluding hydrogens is 255 g/mol. The molecule has 0 radical (unpaired) electrons. The van der Waals surface area contributed by atoms with Crippen LogP contribution < -0.4 is 10.2 Å². The van der Waals surface area contributed by atoms with Crippen LogP contribution >= 0.6 is 0 Å². The van der Waals surface area contributed by atoms with Crippen molar-refractivity contribution in [2.75, 3.05) is 18.5 Å². The van der Waals surface area contributed by atoms with E-state index in [0.29, 0.717) is 18.1 Å². The van der Waals surface area contributed by atoms with E-state index in [0.717, 1.165) is 18.7 Å². The molecule has 4 nitrogen and oxygen atoms in total. The summed E-state index contributed by atoms with van der Waals surface area (Å²) < 4.78 is 13.6. The molecule has 0 fully saturated rings. The molecule has 0 aliphatic heterocycles. The molecule has 1 heterocycles. The molecule has 0 amide bonds. The molecule has 0 atom stereocenters. The highest BCUT2D eigenvalue weighted by Crippen LogP contribution is 2.12. The fourth-order valence-electron chi connectivity index (χ4n) is 1.86. The lowest BCUT2D eigenvalue weighted by atomic mass is 10.2. The number of hydrogen-bond acceptors (Lipinski definition) is 4. The predicted molar refractivity (Wildman–Crippen MR) is 77.9 cm³/mol. The molecule has 1 N–H and O–H groups in total. The molecule has 20 heavy (non-hydrogen) atoms. The summed E-state index contributed by atoms with van der Waals surface area (Å²) in [5.74, 6) is 0.386. The molecule has 1 aromatic heterocycles. The Hall–Kier alpha value is -2.01. The second-order valence-corrected chi connectivity index (χ2v) is 4.62. The van der Waals surface area contributed by atoms with Crippen molar-refractivity contribution in [2.45, 2.75) is 20.0 Å². The first kappa shape index (κ1) is 14.4.